The van der Waals surface area contributed by atoms with Gasteiger partial charge in [-0.05, 0) is 55.5 Å². The first-order chi connectivity index (χ1) is 15.2. The molecule has 1 aromatic carbocycles. The smallest absolute Gasteiger partial charge is 0.330 e. The summed E-state index contributed by atoms with van der Waals surface area (Å²) in [5.74, 6) is -0.0257. The van der Waals surface area contributed by atoms with Crippen LogP contribution >= 0.6 is 0 Å². The number of rotatable bonds is 10. The van der Waals surface area contributed by atoms with Gasteiger partial charge in [0.1, 0.15) is 12.4 Å². The van der Waals surface area contributed by atoms with E-state index in [2.05, 4.69) is 15.0 Å². The number of anilines is 1. The van der Waals surface area contributed by atoms with E-state index < -0.39 is 33.8 Å². The maximum absolute atomic E-state index is 14.0. The van der Waals surface area contributed by atoms with Gasteiger partial charge in [0.25, 0.3) is 0 Å². The maximum Gasteiger partial charge on any atom is 0.330 e. The lowest BCUT2D eigenvalue weighted by molar-refractivity contribution is -0.117. The predicted octanol–water partition coefficient (Wildman–Crippen LogP) is 2.22. The van der Waals surface area contributed by atoms with Gasteiger partial charge in [-0.2, -0.15) is 0 Å². The van der Waals surface area contributed by atoms with Gasteiger partial charge in [-0.1, -0.05) is 6.07 Å². The van der Waals surface area contributed by atoms with E-state index in [1.54, 1.807) is 19.1 Å². The number of benzene rings is 1. The van der Waals surface area contributed by atoms with Gasteiger partial charge in [0.15, 0.2) is 11.6 Å². The first-order valence-electron chi connectivity index (χ1n) is 10.4. The molecule has 2 aliphatic rings. The second kappa shape index (κ2) is 8.91. The molecule has 9 nitrogen and oxygen atoms in total. The van der Waals surface area contributed by atoms with Crippen LogP contribution < -0.4 is 19.7 Å². The van der Waals surface area contributed by atoms with Crippen LogP contribution in [0.5, 0.6) is 5.75 Å². The van der Waals surface area contributed by atoms with Crippen LogP contribution in [0.2, 0.25) is 0 Å². The molecule has 1 aromatic heterocycles. The third kappa shape index (κ3) is 5.46. The monoisotopic (exact) mass is 464 g/mol. The zero-order chi connectivity index (χ0) is 22.9. The molecule has 1 saturated heterocycles. The van der Waals surface area contributed by atoms with Crippen molar-refractivity contribution in [1.82, 2.24) is 15.0 Å². The minimum Gasteiger partial charge on any atom is -0.490 e. The van der Waals surface area contributed by atoms with Crippen LogP contribution in [0.15, 0.2) is 30.3 Å². The van der Waals surface area contributed by atoms with Crippen molar-refractivity contribution in [3.63, 3.8) is 0 Å². The lowest BCUT2D eigenvalue weighted by Crippen LogP contribution is -2.30. The Bertz CT molecular complexity index is 1130. The van der Waals surface area contributed by atoms with Crippen LogP contribution in [0.25, 0.3) is 0 Å². The zero-order valence-electron chi connectivity index (χ0n) is 17.6. The SMILES string of the molecule is C[C@@H](NS(=O)(=O)CCc1ccc(N2CC(=O)NC2=O)[nH]1)c1ccc(F)c(OCC2CC2)c1. The zero-order valence-corrected chi connectivity index (χ0v) is 18.4. The molecule has 0 bridgehead atoms. The van der Waals surface area contributed by atoms with E-state index >= 15 is 0 Å². The van der Waals surface area contributed by atoms with Crippen LogP contribution in [-0.2, 0) is 21.2 Å². The summed E-state index contributed by atoms with van der Waals surface area (Å²) in [6.07, 6.45) is 2.36. The molecule has 3 amide bonds. The number of nitrogens with one attached hydrogen (secondary N) is 3. The van der Waals surface area contributed by atoms with Gasteiger partial charge < -0.3 is 9.72 Å². The number of halogens is 1. The maximum atomic E-state index is 14.0. The van der Waals surface area contributed by atoms with Crippen LogP contribution in [0.3, 0.4) is 0 Å². The fourth-order valence-electron chi connectivity index (χ4n) is 3.40. The number of carbonyl (C=O) groups excluding carboxylic acids is 2. The van der Waals surface area contributed by atoms with Gasteiger partial charge in [-0.15, -0.1) is 0 Å². The Kier molecular flexibility index (Phi) is 6.20. The molecule has 2 aromatic rings. The average molecular weight is 465 g/mol. The summed E-state index contributed by atoms with van der Waals surface area (Å²) < 4.78 is 47.3. The second-order valence-electron chi connectivity index (χ2n) is 8.16. The highest BCUT2D eigenvalue weighted by molar-refractivity contribution is 7.89. The minimum atomic E-state index is -3.65. The van der Waals surface area contributed by atoms with Crippen molar-refractivity contribution in [1.29, 1.82) is 0 Å². The summed E-state index contributed by atoms with van der Waals surface area (Å²) in [6.45, 7) is 2.07. The number of nitrogens with zero attached hydrogens (tertiary/aromatic N) is 1. The Labute approximate surface area is 185 Å². The molecule has 2 fully saturated rings. The fraction of sp³-hybridized carbons (Fsp3) is 0.429. The van der Waals surface area contributed by atoms with E-state index in [1.807, 2.05) is 0 Å². The van der Waals surface area contributed by atoms with Gasteiger partial charge >= 0.3 is 6.03 Å². The van der Waals surface area contributed by atoms with Gasteiger partial charge in [-0.3, -0.25) is 15.0 Å². The topological polar surface area (TPSA) is 121 Å². The highest BCUT2D eigenvalue weighted by Gasteiger charge is 2.29. The molecule has 1 aliphatic heterocycles. The van der Waals surface area contributed by atoms with E-state index in [4.69, 9.17) is 4.74 Å². The normalized spacial score (nSPS) is 17.5. The van der Waals surface area contributed by atoms with Gasteiger partial charge in [0.2, 0.25) is 15.9 Å². The Morgan fingerprint density at radius 1 is 1.25 bits per heavy atom. The molecule has 172 valence electrons. The number of hydrogen-bond acceptors (Lipinski definition) is 5. The highest BCUT2D eigenvalue weighted by Crippen LogP contribution is 2.31. The van der Waals surface area contributed by atoms with Crippen molar-refractivity contribution in [3.8, 4) is 5.75 Å². The number of sulfonamides is 1. The lowest BCUT2D eigenvalue weighted by atomic mass is 10.1. The summed E-state index contributed by atoms with van der Waals surface area (Å²) in [4.78, 5) is 27.3. The number of aryl methyl sites for hydroxylation is 1. The number of aromatic nitrogens is 1. The summed E-state index contributed by atoms with van der Waals surface area (Å²) in [5, 5.41) is 2.18. The molecule has 2 heterocycles. The minimum absolute atomic E-state index is 0.0832. The third-order valence-electron chi connectivity index (χ3n) is 5.44. The molecular formula is C21H25FN4O5S. The molecule has 32 heavy (non-hydrogen) atoms. The molecule has 1 aliphatic carbocycles. The first-order valence-corrected chi connectivity index (χ1v) is 12.1. The molecule has 0 spiro atoms. The molecular weight excluding hydrogens is 439 g/mol. The average Bonchev–Trinajstić information content (AvgIpc) is 3.33. The van der Waals surface area contributed by atoms with Crippen LogP contribution in [0, 0.1) is 11.7 Å². The fourth-order valence-corrected chi connectivity index (χ4v) is 4.68. The quantitative estimate of drug-likeness (QED) is 0.466. The molecule has 1 saturated carbocycles. The number of carbonyl (C=O) groups is 2. The van der Waals surface area contributed by atoms with Crippen molar-refractivity contribution in [2.75, 3.05) is 23.8 Å². The first kappa shape index (κ1) is 22.3. The van der Waals surface area contributed by atoms with Gasteiger partial charge in [0.05, 0.1) is 12.4 Å². The number of hydrogen-bond donors (Lipinski definition) is 3. The lowest BCUT2D eigenvalue weighted by Gasteiger charge is -2.16. The van der Waals surface area contributed by atoms with Crippen molar-refractivity contribution in [2.24, 2.45) is 5.92 Å². The Hall–Kier alpha value is -2.92. The Morgan fingerprint density at radius 3 is 2.72 bits per heavy atom. The van der Waals surface area contributed by atoms with E-state index in [-0.39, 0.29) is 24.5 Å². The van der Waals surface area contributed by atoms with Crippen molar-refractivity contribution in [2.45, 2.75) is 32.2 Å². The van der Waals surface area contributed by atoms with Gasteiger partial charge in [0, 0.05) is 18.2 Å². The predicted molar refractivity (Wildman–Crippen MR) is 115 cm³/mol. The summed E-state index contributed by atoms with van der Waals surface area (Å²) in [7, 11) is -3.65. The molecule has 0 radical (unpaired) electrons. The number of amides is 3. The Balaban J connectivity index is 1.33. The number of ether oxygens (including phenoxy) is 1. The van der Waals surface area contributed by atoms with Crippen LogP contribution in [0.1, 0.15) is 37.1 Å². The second-order valence-corrected chi connectivity index (χ2v) is 10.0. The molecule has 1 atom stereocenters. The van der Waals surface area contributed by atoms with E-state index in [0.29, 0.717) is 29.6 Å². The van der Waals surface area contributed by atoms with Crippen molar-refractivity contribution >= 4 is 27.8 Å². The van der Waals surface area contributed by atoms with Crippen molar-refractivity contribution in [3.05, 3.63) is 47.4 Å². The van der Waals surface area contributed by atoms with Crippen LogP contribution in [-0.4, -0.2) is 44.2 Å². The van der Waals surface area contributed by atoms with E-state index in [1.165, 1.54) is 23.1 Å². The third-order valence-corrected chi connectivity index (χ3v) is 6.89. The highest BCUT2D eigenvalue weighted by atomic mass is 32.2. The summed E-state index contributed by atoms with van der Waals surface area (Å²) in [6, 6.07) is 6.55. The molecule has 4 rings (SSSR count). The Morgan fingerprint density at radius 2 is 2.03 bits per heavy atom. The van der Waals surface area contributed by atoms with E-state index in [9.17, 15) is 22.4 Å². The number of imide groups is 1. The summed E-state index contributed by atoms with van der Waals surface area (Å²) >= 11 is 0. The summed E-state index contributed by atoms with van der Waals surface area (Å²) in [5.41, 5.74) is 1.22. The van der Waals surface area contributed by atoms with Gasteiger partial charge in [-0.25, -0.2) is 22.3 Å². The molecule has 0 unspecified atom stereocenters. The van der Waals surface area contributed by atoms with Crippen molar-refractivity contribution < 1.29 is 27.1 Å². The largest absolute Gasteiger partial charge is 0.490 e. The number of aromatic amines is 1. The van der Waals surface area contributed by atoms with Crippen LogP contribution in [0.4, 0.5) is 15.0 Å². The van der Waals surface area contributed by atoms with E-state index in [0.717, 1.165) is 12.8 Å². The number of urea groups is 1. The number of H-pyrrole nitrogens is 1. The molecule has 11 heteroatoms. The standard InChI is InChI=1S/C21H25FN4O5S/c1-13(15-4-6-17(22)18(10-15)31-12-14-2-3-14)25-32(29,30)9-8-16-5-7-19(23-16)26-11-20(27)24-21(26)28/h4-7,10,13-14,23,25H,2-3,8-9,11-12H2,1H3,(H,24,27,28)/t13-/m1/s1. The molecule has 3 N–H and O–H groups in total.